The fraction of sp³-hybridized carbons (Fsp3) is 0.467. The van der Waals surface area contributed by atoms with Crippen LogP contribution in [0, 0.1) is 5.92 Å². The lowest BCUT2D eigenvalue weighted by Crippen LogP contribution is -2.13. The van der Waals surface area contributed by atoms with Gasteiger partial charge in [0.15, 0.2) is 11.4 Å². The molecule has 0 aliphatic rings. The van der Waals surface area contributed by atoms with Crippen molar-refractivity contribution in [2.24, 2.45) is 5.92 Å². The van der Waals surface area contributed by atoms with Crippen molar-refractivity contribution < 1.29 is 9.21 Å². The van der Waals surface area contributed by atoms with E-state index in [0.717, 1.165) is 11.9 Å². The summed E-state index contributed by atoms with van der Waals surface area (Å²) < 4.78 is 6.81. The average Bonchev–Trinajstić information content (AvgIpc) is 2.65. The zero-order chi connectivity index (χ0) is 14.0. The van der Waals surface area contributed by atoms with Gasteiger partial charge >= 0.3 is 5.76 Å². The van der Waals surface area contributed by atoms with E-state index in [1.54, 1.807) is 22.8 Å². The molecule has 0 aliphatic carbocycles. The minimum atomic E-state index is -0.356. The highest BCUT2D eigenvalue weighted by molar-refractivity contribution is 5.98. The molecule has 0 atom stereocenters. The summed E-state index contributed by atoms with van der Waals surface area (Å²) in [5, 5.41) is 0. The quantitative estimate of drug-likeness (QED) is 0.776. The third-order valence-corrected chi connectivity index (χ3v) is 3.03. The summed E-state index contributed by atoms with van der Waals surface area (Å²) in [6, 6.07) is 5.24. The van der Waals surface area contributed by atoms with Crippen LogP contribution in [-0.2, 0) is 6.54 Å². The minimum absolute atomic E-state index is 0.0859. The molecule has 0 unspecified atom stereocenters. The summed E-state index contributed by atoms with van der Waals surface area (Å²) in [7, 11) is 0. The van der Waals surface area contributed by atoms with Crippen LogP contribution in [0.2, 0.25) is 0 Å². The lowest BCUT2D eigenvalue weighted by molar-refractivity contribution is 0.0968. The number of rotatable bonds is 5. The van der Waals surface area contributed by atoms with Crippen molar-refractivity contribution in [2.45, 2.75) is 40.2 Å². The fourth-order valence-corrected chi connectivity index (χ4v) is 2.16. The van der Waals surface area contributed by atoms with E-state index in [1.165, 1.54) is 0 Å². The van der Waals surface area contributed by atoms with Gasteiger partial charge in [-0.05, 0) is 30.5 Å². The SMILES string of the molecule is CCCn1c(=O)oc2cc(C(=O)CC(C)C)ccc21. The third-order valence-electron chi connectivity index (χ3n) is 3.03. The number of ketones is 1. The van der Waals surface area contributed by atoms with Crippen LogP contribution in [0.25, 0.3) is 11.1 Å². The number of aromatic nitrogens is 1. The van der Waals surface area contributed by atoms with Gasteiger partial charge in [0.05, 0.1) is 5.52 Å². The van der Waals surface area contributed by atoms with Crippen LogP contribution in [0.3, 0.4) is 0 Å². The number of nitrogens with zero attached hydrogens (tertiary/aromatic N) is 1. The van der Waals surface area contributed by atoms with E-state index in [1.807, 2.05) is 20.8 Å². The Morgan fingerprint density at radius 1 is 1.37 bits per heavy atom. The number of hydrogen-bond acceptors (Lipinski definition) is 3. The summed E-state index contributed by atoms with van der Waals surface area (Å²) >= 11 is 0. The average molecular weight is 261 g/mol. The molecular weight excluding hydrogens is 242 g/mol. The van der Waals surface area contributed by atoms with E-state index in [4.69, 9.17) is 4.42 Å². The molecule has 0 saturated heterocycles. The molecule has 0 bridgehead atoms. The first kappa shape index (κ1) is 13.6. The summed E-state index contributed by atoms with van der Waals surface area (Å²) in [5.74, 6) is 0.0491. The highest BCUT2D eigenvalue weighted by Gasteiger charge is 2.13. The first-order valence-electron chi connectivity index (χ1n) is 6.69. The molecule has 4 nitrogen and oxygen atoms in total. The number of carbonyl (C=O) groups excluding carboxylic acids is 1. The van der Waals surface area contributed by atoms with Crippen molar-refractivity contribution in [3.8, 4) is 0 Å². The molecule has 102 valence electrons. The maximum atomic E-state index is 12.0. The van der Waals surface area contributed by atoms with Gasteiger partial charge in [0.25, 0.3) is 0 Å². The molecule has 0 radical (unpaired) electrons. The molecule has 0 N–H and O–H groups in total. The number of benzene rings is 1. The summed E-state index contributed by atoms with van der Waals surface area (Å²) in [4.78, 5) is 23.7. The molecule has 2 aromatic rings. The second kappa shape index (κ2) is 5.43. The van der Waals surface area contributed by atoms with Gasteiger partial charge < -0.3 is 4.42 Å². The van der Waals surface area contributed by atoms with Gasteiger partial charge in [-0.2, -0.15) is 0 Å². The van der Waals surface area contributed by atoms with Crippen LogP contribution in [0.1, 0.15) is 44.0 Å². The van der Waals surface area contributed by atoms with Crippen LogP contribution in [-0.4, -0.2) is 10.4 Å². The number of hydrogen-bond donors (Lipinski definition) is 0. The summed E-state index contributed by atoms with van der Waals surface area (Å²) in [5.41, 5.74) is 1.86. The van der Waals surface area contributed by atoms with Gasteiger partial charge in [0, 0.05) is 18.5 Å². The summed E-state index contributed by atoms with van der Waals surface area (Å²) in [6.07, 6.45) is 1.37. The van der Waals surface area contributed by atoms with E-state index < -0.39 is 0 Å². The molecule has 0 fully saturated rings. The largest absolute Gasteiger partial charge is 0.419 e. The smallest absolute Gasteiger partial charge is 0.408 e. The van der Waals surface area contributed by atoms with Gasteiger partial charge in [-0.15, -0.1) is 0 Å². The molecule has 2 rings (SSSR count). The fourth-order valence-electron chi connectivity index (χ4n) is 2.16. The number of carbonyl (C=O) groups is 1. The van der Waals surface area contributed by atoms with E-state index in [2.05, 4.69) is 0 Å². The molecule has 0 amide bonds. The Bertz CT molecular complexity index is 649. The lowest BCUT2D eigenvalue weighted by Gasteiger charge is -2.04. The molecule has 0 spiro atoms. The molecule has 0 saturated carbocycles. The standard InChI is InChI=1S/C15H19NO3/c1-4-7-16-12-6-5-11(13(17)8-10(2)3)9-14(12)19-15(16)18/h5-6,9-10H,4,7-8H2,1-3H3. The van der Waals surface area contributed by atoms with Gasteiger partial charge in [-0.1, -0.05) is 20.8 Å². The van der Waals surface area contributed by atoms with Crippen LogP contribution < -0.4 is 5.76 Å². The molecule has 4 heteroatoms. The van der Waals surface area contributed by atoms with E-state index >= 15 is 0 Å². The normalized spacial score (nSPS) is 11.4. The predicted molar refractivity (Wildman–Crippen MR) is 74.6 cm³/mol. The van der Waals surface area contributed by atoms with Gasteiger partial charge in [0.2, 0.25) is 0 Å². The third kappa shape index (κ3) is 2.78. The van der Waals surface area contributed by atoms with Crippen molar-refractivity contribution in [1.29, 1.82) is 0 Å². The number of aryl methyl sites for hydroxylation is 1. The zero-order valence-corrected chi connectivity index (χ0v) is 11.6. The molecule has 1 aromatic carbocycles. The predicted octanol–water partition coefficient (Wildman–Crippen LogP) is 3.23. The van der Waals surface area contributed by atoms with Gasteiger partial charge in [-0.3, -0.25) is 9.36 Å². The molecular formula is C15H19NO3. The number of oxazole rings is 1. The number of fused-ring (bicyclic) bond motifs is 1. The Balaban J connectivity index is 2.42. The van der Waals surface area contributed by atoms with Gasteiger partial charge in [-0.25, -0.2) is 4.79 Å². The maximum Gasteiger partial charge on any atom is 0.419 e. The van der Waals surface area contributed by atoms with Crippen LogP contribution in [0.4, 0.5) is 0 Å². The molecule has 1 heterocycles. The maximum absolute atomic E-state index is 12.0. The zero-order valence-electron chi connectivity index (χ0n) is 11.6. The van der Waals surface area contributed by atoms with Crippen LogP contribution in [0.15, 0.2) is 27.4 Å². The summed E-state index contributed by atoms with van der Waals surface area (Å²) in [6.45, 7) is 6.65. The highest BCUT2D eigenvalue weighted by atomic mass is 16.4. The van der Waals surface area contributed by atoms with E-state index in [-0.39, 0.29) is 11.5 Å². The minimum Gasteiger partial charge on any atom is -0.408 e. The van der Waals surface area contributed by atoms with Crippen LogP contribution >= 0.6 is 0 Å². The molecule has 0 aliphatic heterocycles. The second-order valence-corrected chi connectivity index (χ2v) is 5.22. The topological polar surface area (TPSA) is 52.2 Å². The Labute approximate surface area is 112 Å². The molecule has 1 aromatic heterocycles. The van der Waals surface area contributed by atoms with Gasteiger partial charge in [0.1, 0.15) is 0 Å². The van der Waals surface area contributed by atoms with Crippen molar-refractivity contribution in [1.82, 2.24) is 4.57 Å². The van der Waals surface area contributed by atoms with Crippen molar-refractivity contribution in [3.63, 3.8) is 0 Å². The first-order valence-corrected chi connectivity index (χ1v) is 6.69. The Hall–Kier alpha value is -1.84. The van der Waals surface area contributed by atoms with Crippen LogP contribution in [0.5, 0.6) is 0 Å². The first-order chi connectivity index (χ1) is 9.02. The van der Waals surface area contributed by atoms with E-state index in [9.17, 15) is 9.59 Å². The highest BCUT2D eigenvalue weighted by Crippen LogP contribution is 2.18. The number of Topliss-reactive ketones (excluding diaryl/α,β-unsaturated/α-hetero) is 1. The lowest BCUT2D eigenvalue weighted by atomic mass is 10.0. The molecule has 19 heavy (non-hydrogen) atoms. The van der Waals surface area contributed by atoms with Crippen molar-refractivity contribution in [3.05, 3.63) is 34.3 Å². The van der Waals surface area contributed by atoms with Crippen molar-refractivity contribution >= 4 is 16.9 Å². The second-order valence-electron chi connectivity index (χ2n) is 5.22. The Morgan fingerprint density at radius 2 is 2.11 bits per heavy atom. The Kier molecular flexibility index (Phi) is 3.88. The Morgan fingerprint density at radius 3 is 2.74 bits per heavy atom. The van der Waals surface area contributed by atoms with Crippen molar-refractivity contribution in [2.75, 3.05) is 0 Å². The monoisotopic (exact) mass is 261 g/mol. The van der Waals surface area contributed by atoms with E-state index in [0.29, 0.717) is 30.0 Å².